The van der Waals surface area contributed by atoms with Gasteiger partial charge in [-0.1, -0.05) is 0 Å². The van der Waals surface area contributed by atoms with Crippen LogP contribution in [0.5, 0.6) is 0 Å². The minimum absolute atomic E-state index is 0.385. The number of hydrogen-bond acceptors (Lipinski definition) is 2. The first-order chi connectivity index (χ1) is 9.69. The zero-order chi connectivity index (χ0) is 13.7. The Morgan fingerprint density at radius 3 is 2.30 bits per heavy atom. The van der Waals surface area contributed by atoms with Crippen molar-refractivity contribution in [2.75, 3.05) is 0 Å². The first-order valence-corrected chi connectivity index (χ1v) is 8.50. The van der Waals surface area contributed by atoms with Crippen molar-refractivity contribution in [3.8, 4) is 0 Å². The normalized spacial score (nSPS) is 40.2. The molecule has 2 nitrogen and oxygen atoms in total. The molecule has 0 radical (unpaired) electrons. The summed E-state index contributed by atoms with van der Waals surface area (Å²) in [7, 11) is 0. The van der Waals surface area contributed by atoms with E-state index in [0.717, 1.165) is 54.0 Å². The predicted molar refractivity (Wildman–Crippen MR) is 80.3 cm³/mol. The summed E-state index contributed by atoms with van der Waals surface area (Å²) < 4.78 is 5.68. The largest absolute Gasteiger partial charge is 0.466 e. The minimum atomic E-state index is 0.385. The standard InChI is InChI=1S/C18H27NO/c1-11-2-3-16(20-11)4-5-17(19)18-14-7-12-6-13(9-14)10-15(18)8-12/h2-3,12-15,17-18H,4-10,19H2,1H3. The van der Waals surface area contributed by atoms with E-state index in [1.807, 2.05) is 6.92 Å². The number of aryl methyl sites for hydroxylation is 2. The number of hydrogen-bond donors (Lipinski definition) is 1. The van der Waals surface area contributed by atoms with E-state index in [9.17, 15) is 0 Å². The second kappa shape index (κ2) is 4.91. The Morgan fingerprint density at radius 2 is 1.75 bits per heavy atom. The fourth-order valence-electron chi connectivity index (χ4n) is 5.79. The molecule has 0 amide bonds. The fourth-order valence-corrected chi connectivity index (χ4v) is 5.79. The van der Waals surface area contributed by atoms with Crippen LogP contribution in [0.25, 0.3) is 0 Å². The molecule has 2 N–H and O–H groups in total. The van der Waals surface area contributed by atoms with Crippen molar-refractivity contribution in [2.24, 2.45) is 35.3 Å². The molecule has 1 unspecified atom stereocenters. The fraction of sp³-hybridized carbons (Fsp3) is 0.778. The molecule has 4 bridgehead atoms. The van der Waals surface area contributed by atoms with Crippen molar-refractivity contribution < 1.29 is 4.42 Å². The predicted octanol–water partition coefficient (Wildman–Crippen LogP) is 3.92. The van der Waals surface area contributed by atoms with Gasteiger partial charge in [0.05, 0.1) is 0 Å². The molecule has 0 aromatic carbocycles. The highest BCUT2D eigenvalue weighted by molar-refractivity contribution is 5.07. The van der Waals surface area contributed by atoms with E-state index >= 15 is 0 Å². The van der Waals surface area contributed by atoms with E-state index in [1.165, 1.54) is 32.1 Å². The zero-order valence-corrected chi connectivity index (χ0v) is 12.6. The summed E-state index contributed by atoms with van der Waals surface area (Å²) >= 11 is 0. The molecule has 2 heteroatoms. The minimum Gasteiger partial charge on any atom is -0.466 e. The summed E-state index contributed by atoms with van der Waals surface area (Å²) in [5.41, 5.74) is 6.61. The summed E-state index contributed by atoms with van der Waals surface area (Å²) in [4.78, 5) is 0. The van der Waals surface area contributed by atoms with Crippen LogP contribution in [0.1, 0.15) is 50.0 Å². The van der Waals surface area contributed by atoms with Crippen LogP contribution in [-0.4, -0.2) is 6.04 Å². The molecule has 4 aliphatic carbocycles. The highest BCUT2D eigenvalue weighted by Crippen LogP contribution is 2.57. The van der Waals surface area contributed by atoms with Crippen molar-refractivity contribution in [1.82, 2.24) is 0 Å². The molecule has 4 aliphatic rings. The Bertz CT molecular complexity index is 450. The molecule has 1 heterocycles. The van der Waals surface area contributed by atoms with Crippen molar-refractivity contribution in [2.45, 2.75) is 57.9 Å². The Labute approximate surface area is 122 Å². The Hall–Kier alpha value is -0.760. The molecule has 110 valence electrons. The number of furan rings is 1. The summed E-state index contributed by atoms with van der Waals surface area (Å²) in [5, 5.41) is 0. The average Bonchev–Trinajstić information content (AvgIpc) is 2.81. The smallest absolute Gasteiger partial charge is 0.104 e. The van der Waals surface area contributed by atoms with E-state index in [4.69, 9.17) is 10.2 Å². The van der Waals surface area contributed by atoms with Gasteiger partial charge in [-0.25, -0.2) is 0 Å². The van der Waals surface area contributed by atoms with E-state index in [0.29, 0.717) is 6.04 Å². The van der Waals surface area contributed by atoms with Crippen LogP contribution in [0.2, 0.25) is 0 Å². The van der Waals surface area contributed by atoms with Crippen LogP contribution < -0.4 is 5.73 Å². The molecule has 0 aliphatic heterocycles. The van der Waals surface area contributed by atoms with Gasteiger partial charge in [-0.05, 0) is 87.2 Å². The Morgan fingerprint density at radius 1 is 1.10 bits per heavy atom. The maximum absolute atomic E-state index is 6.61. The molecule has 0 saturated heterocycles. The van der Waals surface area contributed by atoms with Crippen molar-refractivity contribution in [3.63, 3.8) is 0 Å². The summed E-state index contributed by atoms with van der Waals surface area (Å²) in [6.07, 6.45) is 9.55. The molecule has 1 aromatic heterocycles. The molecule has 5 rings (SSSR count). The third kappa shape index (κ3) is 2.22. The van der Waals surface area contributed by atoms with Crippen LogP contribution >= 0.6 is 0 Å². The van der Waals surface area contributed by atoms with Gasteiger partial charge in [-0.3, -0.25) is 0 Å². The maximum atomic E-state index is 6.61. The average molecular weight is 273 g/mol. The van der Waals surface area contributed by atoms with Gasteiger partial charge in [0, 0.05) is 12.5 Å². The van der Waals surface area contributed by atoms with Crippen molar-refractivity contribution >= 4 is 0 Å². The van der Waals surface area contributed by atoms with Crippen LogP contribution in [0, 0.1) is 36.5 Å². The highest BCUT2D eigenvalue weighted by atomic mass is 16.3. The SMILES string of the molecule is Cc1ccc(CCC(N)C2C3CC4CC(C3)CC2C4)o1. The molecule has 4 fully saturated rings. The van der Waals surface area contributed by atoms with Crippen LogP contribution in [0.4, 0.5) is 0 Å². The summed E-state index contributed by atoms with van der Waals surface area (Å²) in [5.74, 6) is 6.92. The molecule has 1 atom stereocenters. The Balaban J connectivity index is 1.40. The molecular weight excluding hydrogens is 246 g/mol. The zero-order valence-electron chi connectivity index (χ0n) is 12.6. The first-order valence-electron chi connectivity index (χ1n) is 8.50. The molecular formula is C18H27NO. The van der Waals surface area contributed by atoms with Crippen molar-refractivity contribution in [3.05, 3.63) is 23.7 Å². The van der Waals surface area contributed by atoms with E-state index < -0.39 is 0 Å². The summed E-state index contributed by atoms with van der Waals surface area (Å²) in [6.45, 7) is 2.02. The molecule has 1 aromatic rings. The Kier molecular flexibility index (Phi) is 3.17. The van der Waals surface area contributed by atoms with E-state index in [2.05, 4.69) is 12.1 Å². The quantitative estimate of drug-likeness (QED) is 0.903. The van der Waals surface area contributed by atoms with Gasteiger partial charge in [-0.15, -0.1) is 0 Å². The van der Waals surface area contributed by atoms with Crippen LogP contribution in [0.15, 0.2) is 16.5 Å². The monoisotopic (exact) mass is 273 g/mol. The lowest BCUT2D eigenvalue weighted by Crippen LogP contribution is -2.51. The van der Waals surface area contributed by atoms with Gasteiger partial charge in [0.1, 0.15) is 11.5 Å². The summed E-state index contributed by atoms with van der Waals surface area (Å²) in [6, 6.07) is 4.55. The third-order valence-corrected chi connectivity index (χ3v) is 6.31. The second-order valence-electron chi connectivity index (χ2n) is 7.72. The highest BCUT2D eigenvalue weighted by Gasteiger charge is 2.49. The molecule has 4 saturated carbocycles. The number of rotatable bonds is 4. The van der Waals surface area contributed by atoms with Crippen LogP contribution in [-0.2, 0) is 6.42 Å². The lowest BCUT2D eigenvalue weighted by molar-refractivity contribution is -0.0476. The van der Waals surface area contributed by atoms with Crippen molar-refractivity contribution in [1.29, 1.82) is 0 Å². The maximum Gasteiger partial charge on any atom is 0.104 e. The van der Waals surface area contributed by atoms with Crippen LogP contribution in [0.3, 0.4) is 0 Å². The van der Waals surface area contributed by atoms with E-state index in [-0.39, 0.29) is 0 Å². The lowest BCUT2D eigenvalue weighted by atomic mass is 9.50. The third-order valence-electron chi connectivity index (χ3n) is 6.31. The van der Waals surface area contributed by atoms with Gasteiger partial charge in [0.2, 0.25) is 0 Å². The van der Waals surface area contributed by atoms with Gasteiger partial charge in [-0.2, -0.15) is 0 Å². The lowest BCUT2D eigenvalue weighted by Gasteiger charge is -2.56. The van der Waals surface area contributed by atoms with Gasteiger partial charge in [0.15, 0.2) is 0 Å². The van der Waals surface area contributed by atoms with Gasteiger partial charge >= 0.3 is 0 Å². The molecule has 0 spiro atoms. The van der Waals surface area contributed by atoms with E-state index in [1.54, 1.807) is 0 Å². The molecule has 20 heavy (non-hydrogen) atoms. The van der Waals surface area contributed by atoms with Gasteiger partial charge < -0.3 is 10.2 Å². The van der Waals surface area contributed by atoms with Gasteiger partial charge in [0.25, 0.3) is 0 Å². The second-order valence-corrected chi connectivity index (χ2v) is 7.72. The topological polar surface area (TPSA) is 39.2 Å². The first kappa shape index (κ1) is 12.9. The number of nitrogens with two attached hydrogens (primary N) is 1.